The van der Waals surface area contributed by atoms with E-state index in [9.17, 15) is 4.79 Å². The smallest absolute Gasteiger partial charge is 0.270 e. The molecular formula is C13H25Cl2N3OS. The highest BCUT2D eigenvalue weighted by molar-refractivity contribution is 7.09. The summed E-state index contributed by atoms with van der Waals surface area (Å²) >= 11 is 1.53. The second kappa shape index (κ2) is 9.55. The third-order valence-corrected chi connectivity index (χ3v) is 4.40. The lowest BCUT2D eigenvalue weighted by Gasteiger charge is -2.26. The minimum atomic E-state index is -0.313. The van der Waals surface area contributed by atoms with Crippen molar-refractivity contribution in [2.75, 3.05) is 6.54 Å². The van der Waals surface area contributed by atoms with Gasteiger partial charge in [-0.15, -0.1) is 36.2 Å². The van der Waals surface area contributed by atoms with Crippen molar-refractivity contribution in [2.24, 2.45) is 5.73 Å². The first-order chi connectivity index (χ1) is 8.41. The maximum absolute atomic E-state index is 11.9. The fourth-order valence-corrected chi connectivity index (χ4v) is 2.32. The van der Waals surface area contributed by atoms with Gasteiger partial charge in [-0.2, -0.15) is 0 Å². The molecule has 1 amide bonds. The number of thiazole rings is 1. The minimum absolute atomic E-state index is 0. The minimum Gasteiger partial charge on any atom is -0.349 e. The van der Waals surface area contributed by atoms with Crippen LogP contribution in [0.15, 0.2) is 5.38 Å². The predicted octanol–water partition coefficient (Wildman–Crippen LogP) is 3.36. The zero-order valence-corrected chi connectivity index (χ0v) is 14.9. The first-order valence-electron chi connectivity index (χ1n) is 6.44. The van der Waals surface area contributed by atoms with Gasteiger partial charge in [-0.3, -0.25) is 4.79 Å². The number of hydrogen-bond acceptors (Lipinski definition) is 4. The van der Waals surface area contributed by atoms with Gasteiger partial charge in [-0.25, -0.2) is 4.98 Å². The van der Waals surface area contributed by atoms with E-state index in [0.29, 0.717) is 18.2 Å². The van der Waals surface area contributed by atoms with E-state index in [0.717, 1.165) is 17.8 Å². The molecule has 3 N–H and O–H groups in total. The normalized spacial score (nSPS) is 10.7. The average Bonchev–Trinajstić information content (AvgIpc) is 2.85. The summed E-state index contributed by atoms with van der Waals surface area (Å²) in [4.78, 5) is 16.3. The van der Waals surface area contributed by atoms with Crippen LogP contribution >= 0.6 is 36.2 Å². The maximum Gasteiger partial charge on any atom is 0.270 e. The molecule has 0 fully saturated rings. The Kier molecular flexibility index (Phi) is 10.5. The van der Waals surface area contributed by atoms with Crippen LogP contribution in [0.5, 0.6) is 0 Å². The summed E-state index contributed by atoms with van der Waals surface area (Å²) in [6.07, 6.45) is 1.69. The van der Waals surface area contributed by atoms with Crippen molar-refractivity contribution in [3.8, 4) is 0 Å². The van der Waals surface area contributed by atoms with Crippen LogP contribution in [-0.4, -0.2) is 23.0 Å². The summed E-state index contributed by atoms with van der Waals surface area (Å²) in [5, 5.41) is 5.67. The monoisotopic (exact) mass is 341 g/mol. The van der Waals surface area contributed by atoms with Crippen molar-refractivity contribution in [3.63, 3.8) is 0 Å². The van der Waals surface area contributed by atoms with Crippen LogP contribution in [0, 0.1) is 0 Å². The molecule has 0 aliphatic rings. The average molecular weight is 342 g/mol. The highest BCUT2D eigenvalue weighted by Gasteiger charge is 2.22. The Morgan fingerprint density at radius 2 is 1.95 bits per heavy atom. The number of rotatable bonds is 6. The van der Waals surface area contributed by atoms with E-state index in [1.165, 1.54) is 11.3 Å². The van der Waals surface area contributed by atoms with Crippen molar-refractivity contribution in [1.29, 1.82) is 0 Å². The molecule has 0 aromatic carbocycles. The van der Waals surface area contributed by atoms with Crippen LogP contribution in [0.3, 0.4) is 0 Å². The summed E-state index contributed by atoms with van der Waals surface area (Å²) in [6, 6.07) is 0. The maximum atomic E-state index is 11.9. The Morgan fingerprint density at radius 3 is 2.35 bits per heavy atom. The molecule has 0 spiro atoms. The molecule has 0 aliphatic carbocycles. The second-order valence-corrected chi connectivity index (χ2v) is 5.87. The first-order valence-corrected chi connectivity index (χ1v) is 7.32. The lowest BCUT2D eigenvalue weighted by molar-refractivity contribution is 0.0937. The van der Waals surface area contributed by atoms with E-state index < -0.39 is 0 Å². The lowest BCUT2D eigenvalue weighted by Crippen LogP contribution is -2.49. The Hall–Kier alpha value is -0.360. The van der Waals surface area contributed by atoms with Gasteiger partial charge in [-0.05, 0) is 12.8 Å². The zero-order chi connectivity index (χ0) is 13.8. The SMILES string of the molecule is CCC(N)(CC)CNC(=O)c1csc(C(C)C)n1.Cl.Cl. The molecule has 0 bridgehead atoms. The lowest BCUT2D eigenvalue weighted by atomic mass is 9.94. The molecule has 0 saturated heterocycles. The Labute approximate surface area is 137 Å². The number of nitrogens with zero attached hydrogens (tertiary/aromatic N) is 1. The van der Waals surface area contributed by atoms with E-state index in [4.69, 9.17) is 5.73 Å². The molecule has 0 aliphatic heterocycles. The van der Waals surface area contributed by atoms with Gasteiger partial charge in [-0.1, -0.05) is 27.7 Å². The van der Waals surface area contributed by atoms with Crippen LogP contribution in [0.2, 0.25) is 0 Å². The Bertz CT molecular complexity index is 406. The number of halogens is 2. The molecule has 1 rings (SSSR count). The van der Waals surface area contributed by atoms with Crippen LogP contribution in [-0.2, 0) is 0 Å². The molecule has 0 radical (unpaired) electrons. The van der Waals surface area contributed by atoms with Gasteiger partial charge in [0.05, 0.1) is 5.01 Å². The second-order valence-electron chi connectivity index (χ2n) is 4.98. The van der Waals surface area contributed by atoms with Crippen LogP contribution in [0.25, 0.3) is 0 Å². The number of amides is 1. The molecule has 118 valence electrons. The van der Waals surface area contributed by atoms with Crippen molar-refractivity contribution >= 4 is 42.1 Å². The molecule has 0 unspecified atom stereocenters. The third-order valence-electron chi connectivity index (χ3n) is 3.26. The van der Waals surface area contributed by atoms with Gasteiger partial charge in [0.2, 0.25) is 0 Å². The fourth-order valence-electron chi connectivity index (χ4n) is 1.50. The van der Waals surface area contributed by atoms with Gasteiger partial charge in [0, 0.05) is 23.4 Å². The Balaban J connectivity index is 0. The summed E-state index contributed by atoms with van der Waals surface area (Å²) in [5.41, 5.74) is 6.33. The van der Waals surface area contributed by atoms with Crippen molar-refractivity contribution in [3.05, 3.63) is 16.1 Å². The van der Waals surface area contributed by atoms with Crippen molar-refractivity contribution in [2.45, 2.75) is 52.0 Å². The van der Waals surface area contributed by atoms with Crippen molar-refractivity contribution in [1.82, 2.24) is 10.3 Å². The molecule has 7 heteroatoms. The number of carbonyl (C=O) groups is 1. The van der Waals surface area contributed by atoms with Crippen LogP contribution in [0.1, 0.15) is 62.0 Å². The molecule has 4 nitrogen and oxygen atoms in total. The highest BCUT2D eigenvalue weighted by Crippen LogP contribution is 2.19. The first kappa shape index (κ1) is 21.9. The zero-order valence-electron chi connectivity index (χ0n) is 12.4. The number of nitrogens with one attached hydrogen (secondary N) is 1. The highest BCUT2D eigenvalue weighted by atomic mass is 35.5. The molecule has 0 atom stereocenters. The van der Waals surface area contributed by atoms with E-state index in [-0.39, 0.29) is 36.3 Å². The molecule has 1 aromatic heterocycles. The summed E-state index contributed by atoms with van der Waals surface area (Å²) in [6.45, 7) is 8.71. The van der Waals surface area contributed by atoms with Crippen LogP contribution in [0.4, 0.5) is 0 Å². The summed E-state index contributed by atoms with van der Waals surface area (Å²) in [7, 11) is 0. The van der Waals surface area contributed by atoms with Gasteiger partial charge < -0.3 is 11.1 Å². The van der Waals surface area contributed by atoms with Crippen molar-refractivity contribution < 1.29 is 4.79 Å². The summed E-state index contributed by atoms with van der Waals surface area (Å²) < 4.78 is 0. The van der Waals surface area contributed by atoms with Gasteiger partial charge in [0.15, 0.2) is 0 Å². The largest absolute Gasteiger partial charge is 0.349 e. The summed E-state index contributed by atoms with van der Waals surface area (Å²) in [5.74, 6) is 0.228. The molecule has 20 heavy (non-hydrogen) atoms. The number of nitrogens with two attached hydrogens (primary N) is 1. The molecule has 0 saturated carbocycles. The van der Waals surface area contributed by atoms with Gasteiger partial charge >= 0.3 is 0 Å². The quantitative estimate of drug-likeness (QED) is 0.833. The van der Waals surface area contributed by atoms with E-state index in [1.54, 1.807) is 5.38 Å². The molecule has 1 heterocycles. The van der Waals surface area contributed by atoms with Gasteiger partial charge in [0.1, 0.15) is 5.69 Å². The van der Waals surface area contributed by atoms with E-state index >= 15 is 0 Å². The van der Waals surface area contributed by atoms with E-state index in [2.05, 4.69) is 24.1 Å². The number of aromatic nitrogens is 1. The number of hydrogen-bond donors (Lipinski definition) is 2. The van der Waals surface area contributed by atoms with E-state index in [1.807, 2.05) is 13.8 Å². The predicted molar refractivity (Wildman–Crippen MR) is 90.5 cm³/mol. The standard InChI is InChI=1S/C13H23N3OS.2ClH/c1-5-13(14,6-2)8-15-11(17)10-7-18-12(16-10)9(3)4;;/h7,9H,5-6,8,14H2,1-4H3,(H,15,17);2*1H. The molecule has 1 aromatic rings. The molecular weight excluding hydrogens is 317 g/mol. The Morgan fingerprint density at radius 1 is 1.40 bits per heavy atom. The third kappa shape index (κ3) is 5.95. The fraction of sp³-hybridized carbons (Fsp3) is 0.692. The topological polar surface area (TPSA) is 68.0 Å². The van der Waals surface area contributed by atoms with Crippen LogP contribution < -0.4 is 11.1 Å². The number of carbonyl (C=O) groups excluding carboxylic acids is 1. The van der Waals surface area contributed by atoms with Gasteiger partial charge in [0.25, 0.3) is 5.91 Å².